The fourth-order valence-electron chi connectivity index (χ4n) is 3.76. The number of rotatable bonds is 14. The highest BCUT2D eigenvalue weighted by Crippen LogP contribution is 2.26. The minimum Gasteiger partial charge on any atom is -0.478 e. The molecule has 0 radical (unpaired) electrons. The monoisotopic (exact) mass is 404 g/mol. The number of aliphatic carboxylic acids is 1. The predicted octanol–water partition coefficient (Wildman–Crippen LogP) is 7.39. The van der Waals surface area contributed by atoms with Crippen LogP contribution in [0.15, 0.2) is 22.1 Å². The number of ketones is 1. The van der Waals surface area contributed by atoms with Crippen molar-refractivity contribution in [3.63, 3.8) is 0 Å². The van der Waals surface area contributed by atoms with Gasteiger partial charge in [0.2, 0.25) is 0 Å². The second-order valence-corrected chi connectivity index (χ2v) is 9.02. The largest absolute Gasteiger partial charge is 0.478 e. The predicted molar refractivity (Wildman–Crippen MR) is 119 cm³/mol. The Morgan fingerprint density at radius 2 is 1.48 bits per heavy atom. The highest BCUT2D eigenvalue weighted by atomic mass is 16.4. The van der Waals surface area contributed by atoms with E-state index in [-0.39, 0.29) is 11.4 Å². The fraction of sp³-hybridized carbons (Fsp3) is 0.680. The number of carbonyl (C=O) groups is 2. The molecule has 4 nitrogen and oxygen atoms in total. The summed E-state index contributed by atoms with van der Waals surface area (Å²) in [7, 11) is 0. The van der Waals surface area contributed by atoms with Crippen LogP contribution in [-0.4, -0.2) is 16.9 Å². The van der Waals surface area contributed by atoms with Crippen molar-refractivity contribution in [1.29, 1.82) is 0 Å². The van der Waals surface area contributed by atoms with E-state index in [0.717, 1.165) is 24.7 Å². The maximum atomic E-state index is 12.6. The average Bonchev–Trinajstić information content (AvgIpc) is 3.11. The number of carboxylic acid groups (broad SMARTS) is 1. The first-order valence-electron chi connectivity index (χ1n) is 11.2. The zero-order valence-electron chi connectivity index (χ0n) is 19.2. The Labute approximate surface area is 176 Å². The fourth-order valence-corrected chi connectivity index (χ4v) is 3.76. The van der Waals surface area contributed by atoms with Crippen LogP contribution < -0.4 is 0 Å². The van der Waals surface area contributed by atoms with Gasteiger partial charge in [0.1, 0.15) is 5.76 Å². The summed E-state index contributed by atoms with van der Waals surface area (Å²) in [5.41, 5.74) is 0.896. The second kappa shape index (κ2) is 12.7. The van der Waals surface area contributed by atoms with Crippen LogP contribution in [0.3, 0.4) is 0 Å². The van der Waals surface area contributed by atoms with E-state index in [0.29, 0.717) is 35.9 Å². The Bertz CT molecular complexity index is 681. The van der Waals surface area contributed by atoms with Gasteiger partial charge >= 0.3 is 5.97 Å². The van der Waals surface area contributed by atoms with E-state index in [4.69, 9.17) is 4.42 Å². The molecule has 0 bridgehead atoms. The minimum atomic E-state index is -0.960. The van der Waals surface area contributed by atoms with Crippen molar-refractivity contribution in [3.05, 3.63) is 29.2 Å². The van der Waals surface area contributed by atoms with Gasteiger partial charge < -0.3 is 9.52 Å². The maximum absolute atomic E-state index is 12.6. The highest BCUT2D eigenvalue weighted by Gasteiger charge is 2.18. The molecule has 0 spiro atoms. The summed E-state index contributed by atoms with van der Waals surface area (Å²) in [6, 6.07) is 3.38. The number of Topliss-reactive ketones (excluding diaryl/α,β-unsaturated/α-hetero) is 1. The molecule has 0 aliphatic carbocycles. The molecule has 0 saturated heterocycles. The van der Waals surface area contributed by atoms with E-state index >= 15 is 0 Å². The van der Waals surface area contributed by atoms with Crippen molar-refractivity contribution in [1.82, 2.24) is 0 Å². The smallest absolute Gasteiger partial charge is 0.331 e. The van der Waals surface area contributed by atoms with Crippen molar-refractivity contribution in [2.24, 2.45) is 17.8 Å². The standard InChI is InChI=1S/C25H40O4/c1-7-21(20(6)25(27)28)23-14-15-24(29-23)22(26)16-19(5)13-9-12-18(4)11-8-10-17(2)3/h14-15,17-19H,7-13,16H2,1-6H3,(H,27,28). The number of hydrogen-bond acceptors (Lipinski definition) is 3. The van der Waals surface area contributed by atoms with Crippen molar-refractivity contribution in [3.8, 4) is 0 Å². The van der Waals surface area contributed by atoms with Gasteiger partial charge in [0.05, 0.1) is 0 Å². The third-order valence-corrected chi connectivity index (χ3v) is 5.71. The molecule has 2 atom stereocenters. The lowest BCUT2D eigenvalue weighted by Crippen LogP contribution is -2.06. The van der Waals surface area contributed by atoms with Crippen LogP contribution in [0.4, 0.5) is 0 Å². The number of allylic oxidation sites excluding steroid dienone is 1. The van der Waals surface area contributed by atoms with Gasteiger partial charge in [0.15, 0.2) is 11.5 Å². The van der Waals surface area contributed by atoms with Crippen LogP contribution in [0.5, 0.6) is 0 Å². The molecule has 1 heterocycles. The summed E-state index contributed by atoms with van der Waals surface area (Å²) in [5.74, 6) is 1.71. The molecule has 0 aromatic carbocycles. The first kappa shape index (κ1) is 25.2. The molecule has 1 aromatic rings. The van der Waals surface area contributed by atoms with Crippen molar-refractivity contribution >= 4 is 17.3 Å². The number of hydrogen-bond donors (Lipinski definition) is 1. The van der Waals surface area contributed by atoms with Crippen LogP contribution in [0, 0.1) is 17.8 Å². The first-order chi connectivity index (χ1) is 13.6. The summed E-state index contributed by atoms with van der Waals surface area (Å²) in [4.78, 5) is 23.8. The van der Waals surface area contributed by atoms with Crippen molar-refractivity contribution in [2.75, 3.05) is 0 Å². The van der Waals surface area contributed by atoms with Crippen LogP contribution in [0.2, 0.25) is 0 Å². The zero-order valence-corrected chi connectivity index (χ0v) is 19.2. The van der Waals surface area contributed by atoms with Gasteiger partial charge in [0, 0.05) is 17.6 Å². The van der Waals surface area contributed by atoms with E-state index < -0.39 is 5.97 Å². The molecular formula is C25H40O4. The second-order valence-electron chi connectivity index (χ2n) is 9.02. The first-order valence-corrected chi connectivity index (χ1v) is 11.2. The lowest BCUT2D eigenvalue weighted by atomic mass is 9.92. The number of carboxylic acids is 1. The average molecular weight is 405 g/mol. The summed E-state index contributed by atoms with van der Waals surface area (Å²) < 4.78 is 5.71. The Morgan fingerprint density at radius 1 is 0.931 bits per heavy atom. The SMILES string of the molecule is CCC(=C(C)C(=O)O)c1ccc(C(=O)CC(C)CCCC(C)CCCC(C)C)o1. The molecule has 164 valence electrons. The summed E-state index contributed by atoms with van der Waals surface area (Å²) in [5, 5.41) is 9.21. The van der Waals surface area contributed by atoms with Crippen LogP contribution in [0.1, 0.15) is 109 Å². The van der Waals surface area contributed by atoms with Gasteiger partial charge in [-0.15, -0.1) is 0 Å². The van der Waals surface area contributed by atoms with Gasteiger partial charge in [-0.1, -0.05) is 73.1 Å². The molecule has 1 N–H and O–H groups in total. The lowest BCUT2D eigenvalue weighted by molar-refractivity contribution is -0.132. The molecule has 0 amide bonds. The molecular weight excluding hydrogens is 364 g/mol. The van der Waals surface area contributed by atoms with Gasteiger partial charge in [-0.05, 0) is 43.2 Å². The van der Waals surface area contributed by atoms with Gasteiger partial charge in [0.25, 0.3) is 0 Å². The molecule has 1 rings (SSSR count). The lowest BCUT2D eigenvalue weighted by Gasteiger charge is -2.14. The molecule has 0 fully saturated rings. The zero-order chi connectivity index (χ0) is 22.0. The molecule has 29 heavy (non-hydrogen) atoms. The maximum Gasteiger partial charge on any atom is 0.331 e. The van der Waals surface area contributed by atoms with E-state index in [9.17, 15) is 14.7 Å². The van der Waals surface area contributed by atoms with Gasteiger partial charge in [-0.3, -0.25) is 4.79 Å². The van der Waals surface area contributed by atoms with Crippen molar-refractivity contribution in [2.45, 2.75) is 92.9 Å². The molecule has 1 aromatic heterocycles. The molecule has 2 unspecified atom stereocenters. The quantitative estimate of drug-likeness (QED) is 0.259. The van der Waals surface area contributed by atoms with E-state index in [1.807, 2.05) is 6.92 Å². The third kappa shape index (κ3) is 9.01. The number of carbonyl (C=O) groups excluding carboxylic acids is 1. The van der Waals surface area contributed by atoms with E-state index in [2.05, 4.69) is 27.7 Å². The van der Waals surface area contributed by atoms with Crippen LogP contribution >= 0.6 is 0 Å². The summed E-state index contributed by atoms with van der Waals surface area (Å²) in [6.07, 6.45) is 8.35. The van der Waals surface area contributed by atoms with E-state index in [1.54, 1.807) is 19.1 Å². The normalized spacial score (nSPS) is 14.6. The minimum absolute atomic E-state index is 0.00263. The summed E-state index contributed by atoms with van der Waals surface area (Å²) >= 11 is 0. The van der Waals surface area contributed by atoms with Crippen molar-refractivity contribution < 1.29 is 19.1 Å². The van der Waals surface area contributed by atoms with E-state index in [1.165, 1.54) is 25.7 Å². The highest BCUT2D eigenvalue weighted by molar-refractivity contribution is 5.96. The number of furan rings is 1. The van der Waals surface area contributed by atoms with Gasteiger partial charge in [-0.25, -0.2) is 4.79 Å². The third-order valence-electron chi connectivity index (χ3n) is 5.71. The Balaban J connectivity index is 2.49. The van der Waals surface area contributed by atoms with Crippen LogP contribution in [-0.2, 0) is 4.79 Å². The Morgan fingerprint density at radius 3 is 2.03 bits per heavy atom. The molecule has 0 aliphatic heterocycles. The summed E-state index contributed by atoms with van der Waals surface area (Å²) in [6.45, 7) is 12.5. The Kier molecular flexibility index (Phi) is 11.0. The van der Waals surface area contributed by atoms with Crippen LogP contribution in [0.25, 0.3) is 5.57 Å². The molecule has 0 aliphatic rings. The topological polar surface area (TPSA) is 67.5 Å². The Hall–Kier alpha value is -1.84. The molecule has 0 saturated carbocycles. The molecule has 4 heteroatoms. The van der Waals surface area contributed by atoms with Gasteiger partial charge in [-0.2, -0.15) is 0 Å².